The monoisotopic (exact) mass is 425 g/mol. The molecule has 0 atom stereocenters. The third kappa shape index (κ3) is 5.54. The van der Waals surface area contributed by atoms with E-state index in [-0.39, 0.29) is 11.8 Å². The van der Waals surface area contributed by atoms with Crippen LogP contribution in [0.1, 0.15) is 37.9 Å². The van der Waals surface area contributed by atoms with Crippen molar-refractivity contribution in [3.05, 3.63) is 59.4 Å². The lowest BCUT2D eigenvalue weighted by molar-refractivity contribution is -0.122. The summed E-state index contributed by atoms with van der Waals surface area (Å²) in [5, 5.41) is 3.76. The van der Waals surface area contributed by atoms with E-state index in [0.717, 1.165) is 62.2 Å². The predicted molar refractivity (Wildman–Crippen MR) is 120 cm³/mol. The molecule has 158 valence electrons. The second-order valence-corrected chi connectivity index (χ2v) is 8.28. The Morgan fingerprint density at radius 1 is 1.10 bits per heavy atom. The van der Waals surface area contributed by atoms with Gasteiger partial charge in [-0.25, -0.2) is 4.98 Å². The van der Waals surface area contributed by atoms with Gasteiger partial charge in [-0.3, -0.25) is 4.79 Å². The predicted octanol–water partition coefficient (Wildman–Crippen LogP) is 5.01. The number of aryl methyl sites for hydroxylation is 2. The fraction of sp³-hybridized carbons (Fsp3) is 0.417. The van der Waals surface area contributed by atoms with Gasteiger partial charge < -0.3 is 14.6 Å². The molecule has 4 rings (SSSR count). The van der Waals surface area contributed by atoms with Crippen LogP contribution in [0.4, 0.5) is 0 Å². The van der Waals surface area contributed by atoms with Crippen molar-refractivity contribution in [2.45, 2.75) is 45.1 Å². The molecule has 1 saturated carbocycles. The van der Waals surface area contributed by atoms with E-state index in [9.17, 15) is 4.79 Å². The third-order valence-corrected chi connectivity index (χ3v) is 5.67. The summed E-state index contributed by atoms with van der Waals surface area (Å²) in [5.74, 6) is 2.42. The Balaban J connectivity index is 1.28. The highest BCUT2D eigenvalue weighted by Gasteiger charge is 2.29. The van der Waals surface area contributed by atoms with Gasteiger partial charge in [0.1, 0.15) is 11.6 Å². The number of amides is 1. The fourth-order valence-corrected chi connectivity index (χ4v) is 3.73. The smallest absolute Gasteiger partial charge is 0.223 e. The third-order valence-electron chi connectivity index (χ3n) is 5.42. The van der Waals surface area contributed by atoms with E-state index in [1.807, 2.05) is 30.3 Å². The van der Waals surface area contributed by atoms with Crippen LogP contribution in [0.25, 0.3) is 11.0 Å². The molecule has 5 nitrogen and oxygen atoms in total. The van der Waals surface area contributed by atoms with E-state index >= 15 is 0 Å². The van der Waals surface area contributed by atoms with Gasteiger partial charge >= 0.3 is 0 Å². The topological polar surface area (TPSA) is 56.2 Å². The minimum absolute atomic E-state index is 0.212. The number of benzene rings is 2. The second kappa shape index (κ2) is 9.98. The maximum absolute atomic E-state index is 11.8. The summed E-state index contributed by atoms with van der Waals surface area (Å²) >= 11 is 5.91. The highest BCUT2D eigenvalue weighted by Crippen LogP contribution is 2.28. The number of halogens is 1. The molecule has 1 heterocycles. The standard InChI is InChI=1S/C24H28ClN3O2/c25-19-11-13-20(14-12-19)30-17-4-3-16-28-22-7-2-1-6-21(22)27-23(28)8-5-15-26-24(29)18-9-10-18/h1-2,6-7,11-14,18H,3-5,8-10,15-17H2,(H,26,29). The van der Waals surface area contributed by atoms with Crippen molar-refractivity contribution in [3.8, 4) is 5.75 Å². The summed E-state index contributed by atoms with van der Waals surface area (Å²) in [6, 6.07) is 15.8. The van der Waals surface area contributed by atoms with Gasteiger partial charge in [-0.1, -0.05) is 23.7 Å². The van der Waals surface area contributed by atoms with Crippen LogP contribution >= 0.6 is 11.6 Å². The van der Waals surface area contributed by atoms with Crippen LogP contribution in [-0.4, -0.2) is 28.6 Å². The summed E-state index contributed by atoms with van der Waals surface area (Å²) in [4.78, 5) is 16.6. The number of hydrogen-bond donors (Lipinski definition) is 1. The maximum Gasteiger partial charge on any atom is 0.223 e. The molecule has 1 N–H and O–H groups in total. The van der Waals surface area contributed by atoms with Gasteiger partial charge in [0.05, 0.1) is 17.6 Å². The van der Waals surface area contributed by atoms with Crippen LogP contribution in [-0.2, 0) is 17.8 Å². The molecule has 1 amide bonds. The van der Waals surface area contributed by atoms with Gasteiger partial charge in [-0.05, 0) is 68.5 Å². The van der Waals surface area contributed by atoms with E-state index in [1.54, 1.807) is 0 Å². The Morgan fingerprint density at radius 2 is 1.90 bits per heavy atom. The molecular formula is C24H28ClN3O2. The number of unbranched alkanes of at least 4 members (excludes halogenated alkanes) is 1. The van der Waals surface area contributed by atoms with Crippen molar-refractivity contribution in [1.82, 2.24) is 14.9 Å². The van der Waals surface area contributed by atoms with Gasteiger partial charge in [0.25, 0.3) is 0 Å². The number of carbonyl (C=O) groups is 1. The zero-order chi connectivity index (χ0) is 20.8. The number of aromatic nitrogens is 2. The molecular weight excluding hydrogens is 398 g/mol. The first-order chi connectivity index (χ1) is 14.7. The van der Waals surface area contributed by atoms with Gasteiger partial charge in [-0.2, -0.15) is 0 Å². The summed E-state index contributed by atoms with van der Waals surface area (Å²) in [6.45, 7) is 2.30. The molecule has 1 aliphatic rings. The Morgan fingerprint density at radius 3 is 2.70 bits per heavy atom. The molecule has 0 spiro atoms. The molecule has 3 aromatic rings. The first kappa shape index (κ1) is 20.7. The van der Waals surface area contributed by atoms with Crippen LogP contribution in [0.15, 0.2) is 48.5 Å². The summed E-state index contributed by atoms with van der Waals surface area (Å²) in [6.07, 6.45) is 5.83. The van der Waals surface area contributed by atoms with Gasteiger partial charge in [-0.15, -0.1) is 0 Å². The molecule has 0 bridgehead atoms. The van der Waals surface area contributed by atoms with Crippen LogP contribution in [0.5, 0.6) is 5.75 Å². The van der Waals surface area contributed by atoms with Crippen molar-refractivity contribution < 1.29 is 9.53 Å². The SMILES string of the molecule is O=C(NCCCc1nc2ccccc2n1CCCCOc1ccc(Cl)cc1)C1CC1. The first-order valence-electron chi connectivity index (χ1n) is 10.8. The quantitative estimate of drug-likeness (QED) is 0.439. The molecule has 0 aliphatic heterocycles. The van der Waals surface area contributed by atoms with Crippen LogP contribution < -0.4 is 10.1 Å². The van der Waals surface area contributed by atoms with E-state index in [1.165, 1.54) is 5.52 Å². The second-order valence-electron chi connectivity index (χ2n) is 7.85. The van der Waals surface area contributed by atoms with Crippen LogP contribution in [0, 0.1) is 5.92 Å². The molecule has 1 fully saturated rings. The molecule has 1 aliphatic carbocycles. The number of ether oxygens (including phenoxy) is 1. The van der Waals surface area contributed by atoms with Crippen molar-refractivity contribution in [2.24, 2.45) is 5.92 Å². The van der Waals surface area contributed by atoms with E-state index in [2.05, 4.69) is 28.1 Å². The average Bonchev–Trinajstić information content (AvgIpc) is 3.55. The lowest BCUT2D eigenvalue weighted by atomic mass is 10.2. The molecule has 1 aromatic heterocycles. The zero-order valence-electron chi connectivity index (χ0n) is 17.1. The van der Waals surface area contributed by atoms with Crippen LogP contribution in [0.2, 0.25) is 5.02 Å². The van der Waals surface area contributed by atoms with Gasteiger partial charge in [0.15, 0.2) is 0 Å². The Hall–Kier alpha value is -2.53. The lowest BCUT2D eigenvalue weighted by Gasteiger charge is -2.11. The minimum Gasteiger partial charge on any atom is -0.494 e. The van der Waals surface area contributed by atoms with E-state index < -0.39 is 0 Å². The van der Waals surface area contributed by atoms with Crippen LogP contribution in [0.3, 0.4) is 0 Å². The Kier molecular flexibility index (Phi) is 6.90. The fourth-order valence-electron chi connectivity index (χ4n) is 3.61. The van der Waals surface area contributed by atoms with Crippen molar-refractivity contribution in [1.29, 1.82) is 0 Å². The number of para-hydroxylation sites is 2. The zero-order valence-corrected chi connectivity index (χ0v) is 17.9. The van der Waals surface area contributed by atoms with Crippen molar-refractivity contribution in [3.63, 3.8) is 0 Å². The normalized spacial score (nSPS) is 13.5. The summed E-state index contributed by atoms with van der Waals surface area (Å²) in [5.41, 5.74) is 2.21. The molecule has 2 aromatic carbocycles. The number of hydrogen-bond acceptors (Lipinski definition) is 3. The number of nitrogens with one attached hydrogen (secondary N) is 1. The maximum atomic E-state index is 11.8. The molecule has 6 heteroatoms. The Bertz CT molecular complexity index is 980. The average molecular weight is 426 g/mol. The number of rotatable bonds is 11. The number of fused-ring (bicyclic) bond motifs is 1. The largest absolute Gasteiger partial charge is 0.494 e. The molecule has 0 saturated heterocycles. The summed E-state index contributed by atoms with van der Waals surface area (Å²) in [7, 11) is 0. The van der Waals surface area contributed by atoms with E-state index in [4.69, 9.17) is 21.3 Å². The minimum atomic E-state index is 0.212. The highest BCUT2D eigenvalue weighted by molar-refractivity contribution is 6.30. The van der Waals surface area contributed by atoms with Gasteiger partial charge in [0.2, 0.25) is 5.91 Å². The number of carbonyl (C=O) groups excluding carboxylic acids is 1. The molecule has 0 radical (unpaired) electrons. The number of nitrogens with zero attached hydrogens (tertiary/aromatic N) is 2. The summed E-state index contributed by atoms with van der Waals surface area (Å²) < 4.78 is 8.12. The van der Waals surface area contributed by atoms with Gasteiger partial charge in [0, 0.05) is 30.5 Å². The molecule has 30 heavy (non-hydrogen) atoms. The lowest BCUT2D eigenvalue weighted by Crippen LogP contribution is -2.26. The van der Waals surface area contributed by atoms with E-state index in [0.29, 0.717) is 18.2 Å². The Labute approximate surface area is 182 Å². The highest BCUT2D eigenvalue weighted by atomic mass is 35.5. The first-order valence-corrected chi connectivity index (χ1v) is 11.2. The van der Waals surface area contributed by atoms with Crippen molar-refractivity contribution in [2.75, 3.05) is 13.2 Å². The molecule has 0 unspecified atom stereocenters. The number of imidazole rings is 1. The van der Waals surface area contributed by atoms with Crippen molar-refractivity contribution >= 4 is 28.5 Å².